The van der Waals surface area contributed by atoms with Crippen LogP contribution >= 0.6 is 0 Å². The van der Waals surface area contributed by atoms with Crippen molar-refractivity contribution in [1.29, 1.82) is 0 Å². The molecular weight excluding hydrogens is 148 g/mol. The highest BCUT2D eigenvalue weighted by atomic mass is 15.2. The molecule has 2 heteroatoms. The van der Waals surface area contributed by atoms with Gasteiger partial charge in [0, 0.05) is 24.2 Å². The van der Waals surface area contributed by atoms with E-state index in [1.54, 1.807) is 0 Å². The van der Waals surface area contributed by atoms with Crippen molar-refractivity contribution in [1.82, 2.24) is 10.2 Å². The van der Waals surface area contributed by atoms with Gasteiger partial charge in [-0.15, -0.1) is 0 Å². The topological polar surface area (TPSA) is 15.3 Å². The second kappa shape index (κ2) is 2.71. The van der Waals surface area contributed by atoms with Crippen LogP contribution in [0.5, 0.6) is 0 Å². The van der Waals surface area contributed by atoms with E-state index in [0.717, 1.165) is 12.1 Å². The molecule has 2 fully saturated rings. The number of fused-ring (bicyclic) bond motifs is 2. The van der Waals surface area contributed by atoms with Crippen molar-refractivity contribution in [3.63, 3.8) is 0 Å². The van der Waals surface area contributed by atoms with Crippen LogP contribution < -0.4 is 5.32 Å². The fraction of sp³-hybridized carbons (Fsp3) is 1.00. The van der Waals surface area contributed by atoms with Crippen LogP contribution in [0.4, 0.5) is 0 Å². The summed E-state index contributed by atoms with van der Waals surface area (Å²) in [6, 6.07) is 1.64. The molecule has 1 saturated heterocycles. The number of hydrogen-bond donors (Lipinski definition) is 1. The molecule has 0 spiro atoms. The molecule has 0 aromatic carbocycles. The first kappa shape index (κ1) is 8.52. The van der Waals surface area contributed by atoms with E-state index in [-0.39, 0.29) is 0 Å². The van der Waals surface area contributed by atoms with Crippen LogP contribution in [0.3, 0.4) is 0 Å². The van der Waals surface area contributed by atoms with Crippen molar-refractivity contribution < 1.29 is 0 Å². The number of nitrogens with one attached hydrogen (secondary N) is 1. The lowest BCUT2D eigenvalue weighted by atomic mass is 10.0. The highest BCUT2D eigenvalue weighted by Gasteiger charge is 2.36. The SMILES string of the molecule is CN1CC(C)(C)NC2CCC1C2. The van der Waals surface area contributed by atoms with E-state index >= 15 is 0 Å². The monoisotopic (exact) mass is 168 g/mol. The summed E-state index contributed by atoms with van der Waals surface area (Å²) in [5.74, 6) is 0. The summed E-state index contributed by atoms with van der Waals surface area (Å²) in [5.41, 5.74) is 0.314. The van der Waals surface area contributed by atoms with Gasteiger partial charge in [-0.25, -0.2) is 0 Å². The number of rotatable bonds is 0. The van der Waals surface area contributed by atoms with Crippen LogP contribution in [-0.4, -0.2) is 36.1 Å². The summed E-state index contributed by atoms with van der Waals surface area (Å²) in [7, 11) is 2.27. The Hall–Kier alpha value is -0.0800. The van der Waals surface area contributed by atoms with Crippen molar-refractivity contribution in [2.75, 3.05) is 13.6 Å². The van der Waals surface area contributed by atoms with E-state index in [2.05, 4.69) is 31.1 Å². The van der Waals surface area contributed by atoms with Gasteiger partial charge >= 0.3 is 0 Å². The molecule has 1 aliphatic carbocycles. The summed E-state index contributed by atoms with van der Waals surface area (Å²) in [6.45, 7) is 5.81. The Kier molecular flexibility index (Phi) is 1.92. The van der Waals surface area contributed by atoms with Gasteiger partial charge in [-0.2, -0.15) is 0 Å². The van der Waals surface area contributed by atoms with Gasteiger partial charge in [0.25, 0.3) is 0 Å². The van der Waals surface area contributed by atoms with Gasteiger partial charge in [0.2, 0.25) is 0 Å². The Morgan fingerprint density at radius 1 is 1.33 bits per heavy atom. The smallest absolute Gasteiger partial charge is 0.0254 e. The predicted molar refractivity (Wildman–Crippen MR) is 51.3 cm³/mol. The van der Waals surface area contributed by atoms with Gasteiger partial charge in [0.1, 0.15) is 0 Å². The number of nitrogens with zero attached hydrogens (tertiary/aromatic N) is 1. The highest BCUT2D eigenvalue weighted by Crippen LogP contribution is 2.29. The van der Waals surface area contributed by atoms with Crippen molar-refractivity contribution in [3.05, 3.63) is 0 Å². The minimum atomic E-state index is 0.314. The van der Waals surface area contributed by atoms with E-state index in [1.165, 1.54) is 25.8 Å². The van der Waals surface area contributed by atoms with E-state index in [0.29, 0.717) is 5.54 Å². The molecule has 0 aromatic rings. The third-order valence-electron chi connectivity index (χ3n) is 3.27. The summed E-state index contributed by atoms with van der Waals surface area (Å²) in [4.78, 5) is 2.53. The molecule has 12 heavy (non-hydrogen) atoms. The van der Waals surface area contributed by atoms with Crippen molar-refractivity contribution in [2.45, 2.75) is 50.7 Å². The van der Waals surface area contributed by atoms with Crippen molar-refractivity contribution in [2.24, 2.45) is 0 Å². The van der Waals surface area contributed by atoms with Gasteiger partial charge < -0.3 is 10.2 Å². The molecule has 2 nitrogen and oxygen atoms in total. The minimum absolute atomic E-state index is 0.314. The van der Waals surface area contributed by atoms with Gasteiger partial charge in [-0.1, -0.05) is 0 Å². The third-order valence-corrected chi connectivity index (χ3v) is 3.27. The average molecular weight is 168 g/mol. The second-order valence-electron chi connectivity index (χ2n) is 5.11. The number of hydrogen-bond acceptors (Lipinski definition) is 2. The maximum atomic E-state index is 3.74. The van der Waals surface area contributed by atoms with E-state index in [1.807, 2.05) is 0 Å². The maximum Gasteiger partial charge on any atom is 0.0254 e. The standard InChI is InChI=1S/C10H20N2/c1-10(2)7-12(3)9-5-4-8(6-9)11-10/h8-9,11H,4-7H2,1-3H3. The Labute approximate surface area is 75.3 Å². The van der Waals surface area contributed by atoms with Gasteiger partial charge in [0.15, 0.2) is 0 Å². The Bertz CT molecular complexity index is 173. The number of likely N-dealkylation sites (N-methyl/N-ethyl adjacent to an activating group) is 1. The predicted octanol–water partition coefficient (Wildman–Crippen LogP) is 1.22. The largest absolute Gasteiger partial charge is 0.308 e. The molecule has 2 atom stereocenters. The fourth-order valence-electron chi connectivity index (χ4n) is 2.84. The first-order chi connectivity index (χ1) is 5.57. The van der Waals surface area contributed by atoms with Crippen molar-refractivity contribution >= 4 is 0 Å². The minimum Gasteiger partial charge on any atom is -0.308 e. The normalized spacial score (nSPS) is 41.2. The molecule has 2 aliphatic rings. The third kappa shape index (κ3) is 1.50. The zero-order valence-corrected chi connectivity index (χ0v) is 8.43. The van der Waals surface area contributed by atoms with Crippen LogP contribution in [0, 0.1) is 0 Å². The van der Waals surface area contributed by atoms with Crippen LogP contribution in [-0.2, 0) is 0 Å². The van der Waals surface area contributed by atoms with Gasteiger partial charge in [-0.05, 0) is 40.2 Å². The Morgan fingerprint density at radius 3 is 2.83 bits per heavy atom. The first-order valence-electron chi connectivity index (χ1n) is 5.05. The molecule has 1 saturated carbocycles. The molecule has 2 unspecified atom stereocenters. The average Bonchev–Trinajstić information content (AvgIpc) is 2.28. The van der Waals surface area contributed by atoms with Crippen molar-refractivity contribution in [3.8, 4) is 0 Å². The maximum absolute atomic E-state index is 3.74. The van der Waals surface area contributed by atoms with E-state index in [9.17, 15) is 0 Å². The Balaban J connectivity index is 2.13. The zero-order chi connectivity index (χ0) is 8.77. The fourth-order valence-corrected chi connectivity index (χ4v) is 2.84. The van der Waals surface area contributed by atoms with E-state index < -0.39 is 0 Å². The summed E-state index contributed by atoms with van der Waals surface area (Å²) >= 11 is 0. The molecule has 70 valence electrons. The summed E-state index contributed by atoms with van der Waals surface area (Å²) < 4.78 is 0. The summed E-state index contributed by atoms with van der Waals surface area (Å²) in [5, 5.41) is 3.74. The van der Waals surface area contributed by atoms with Gasteiger partial charge in [-0.3, -0.25) is 0 Å². The second-order valence-corrected chi connectivity index (χ2v) is 5.11. The molecule has 0 radical (unpaired) electrons. The van der Waals surface area contributed by atoms with Crippen LogP contribution in [0.25, 0.3) is 0 Å². The highest BCUT2D eigenvalue weighted by molar-refractivity contribution is 4.96. The lowest BCUT2D eigenvalue weighted by Crippen LogP contribution is -2.50. The quantitative estimate of drug-likeness (QED) is 0.585. The lowest BCUT2D eigenvalue weighted by Gasteiger charge is -2.33. The lowest BCUT2D eigenvalue weighted by molar-refractivity contribution is 0.198. The molecule has 2 bridgehead atoms. The zero-order valence-electron chi connectivity index (χ0n) is 8.43. The Morgan fingerprint density at radius 2 is 2.08 bits per heavy atom. The molecule has 0 amide bonds. The molecule has 1 heterocycles. The van der Waals surface area contributed by atoms with Crippen LogP contribution in [0.15, 0.2) is 0 Å². The van der Waals surface area contributed by atoms with E-state index in [4.69, 9.17) is 0 Å². The molecule has 1 N–H and O–H groups in total. The van der Waals surface area contributed by atoms with Gasteiger partial charge in [0.05, 0.1) is 0 Å². The molecule has 1 aliphatic heterocycles. The van der Waals surface area contributed by atoms with Crippen LogP contribution in [0.1, 0.15) is 33.1 Å². The molecular formula is C10H20N2. The van der Waals surface area contributed by atoms with Crippen LogP contribution in [0.2, 0.25) is 0 Å². The first-order valence-corrected chi connectivity index (χ1v) is 5.05. The summed E-state index contributed by atoms with van der Waals surface area (Å²) in [6.07, 6.45) is 4.13. The molecule has 0 aromatic heterocycles. The molecule has 2 rings (SSSR count).